The van der Waals surface area contributed by atoms with Gasteiger partial charge in [-0.3, -0.25) is 4.68 Å². The van der Waals surface area contributed by atoms with Gasteiger partial charge in [0.2, 0.25) is 0 Å². The minimum atomic E-state index is -0.680. The number of aromatic nitrogens is 3. The normalized spacial score (nSPS) is 13.6. The lowest BCUT2D eigenvalue weighted by atomic mass is 10.1. The van der Waals surface area contributed by atoms with Gasteiger partial charge in [-0.1, -0.05) is 60.1 Å². The summed E-state index contributed by atoms with van der Waals surface area (Å²) < 4.78 is 1.77. The third-order valence-electron chi connectivity index (χ3n) is 3.86. The van der Waals surface area contributed by atoms with Crippen molar-refractivity contribution >= 4 is 11.6 Å². The lowest BCUT2D eigenvalue weighted by molar-refractivity contribution is 0.168. The maximum Gasteiger partial charge on any atom is 0.137 e. The number of halogens is 1. The van der Waals surface area contributed by atoms with E-state index in [1.54, 1.807) is 17.1 Å². The number of aliphatic hydroxyl groups excluding tert-OH is 1. The molecule has 24 heavy (non-hydrogen) atoms. The van der Waals surface area contributed by atoms with Crippen LogP contribution in [-0.4, -0.2) is 26.4 Å². The fraction of sp³-hybridized carbons (Fsp3) is 0.222. The van der Waals surface area contributed by atoms with Gasteiger partial charge >= 0.3 is 0 Å². The van der Waals surface area contributed by atoms with Crippen molar-refractivity contribution in [2.75, 3.05) is 6.54 Å². The van der Waals surface area contributed by atoms with Crippen molar-refractivity contribution < 1.29 is 5.11 Å². The number of hydrogen-bond acceptors (Lipinski definition) is 4. The summed E-state index contributed by atoms with van der Waals surface area (Å²) >= 11 is 6.16. The number of hydrogen-bond donors (Lipinski definition) is 2. The van der Waals surface area contributed by atoms with Gasteiger partial charge in [0.05, 0.1) is 18.7 Å². The van der Waals surface area contributed by atoms with E-state index in [2.05, 4.69) is 27.5 Å². The maximum absolute atomic E-state index is 10.4. The molecule has 1 aromatic heterocycles. The minimum Gasteiger partial charge on any atom is -0.387 e. The number of aliphatic hydroxyl groups is 1. The molecule has 0 amide bonds. The summed E-state index contributed by atoms with van der Waals surface area (Å²) in [5.74, 6) is 0. The number of nitrogens with zero attached hydrogens (tertiary/aromatic N) is 3. The monoisotopic (exact) mass is 342 g/mol. The van der Waals surface area contributed by atoms with Crippen molar-refractivity contribution in [2.24, 2.45) is 0 Å². The Labute approximate surface area is 145 Å². The zero-order valence-electron chi connectivity index (χ0n) is 13.1. The number of benzene rings is 2. The van der Waals surface area contributed by atoms with Gasteiger partial charge < -0.3 is 10.4 Å². The smallest absolute Gasteiger partial charge is 0.137 e. The minimum absolute atomic E-state index is 0.00466. The Morgan fingerprint density at radius 2 is 1.83 bits per heavy atom. The zero-order valence-corrected chi connectivity index (χ0v) is 13.8. The Kier molecular flexibility index (Phi) is 5.59. The second-order valence-corrected chi connectivity index (χ2v) is 5.93. The fourth-order valence-electron chi connectivity index (χ4n) is 2.60. The Hall–Kier alpha value is -2.21. The largest absolute Gasteiger partial charge is 0.387 e. The molecule has 0 spiro atoms. The van der Waals surface area contributed by atoms with Crippen LogP contribution >= 0.6 is 11.6 Å². The molecule has 0 aliphatic carbocycles. The van der Waals surface area contributed by atoms with Crippen molar-refractivity contribution in [2.45, 2.75) is 18.7 Å². The summed E-state index contributed by atoms with van der Waals surface area (Å²) in [4.78, 5) is 3.98. The summed E-state index contributed by atoms with van der Waals surface area (Å²) in [6.07, 6.45) is 2.52. The SMILES string of the molecule is OC(CNC(Cn1cncn1)c1ccccc1)c1ccccc1Cl. The molecule has 5 nitrogen and oxygen atoms in total. The molecule has 2 unspecified atom stereocenters. The molecular formula is C18H19ClN4O. The number of rotatable bonds is 7. The molecule has 2 N–H and O–H groups in total. The van der Waals surface area contributed by atoms with Crippen molar-refractivity contribution in [1.82, 2.24) is 20.1 Å². The highest BCUT2D eigenvalue weighted by atomic mass is 35.5. The van der Waals surface area contributed by atoms with Crippen LogP contribution in [0.2, 0.25) is 5.02 Å². The van der Waals surface area contributed by atoms with E-state index in [1.807, 2.05) is 36.4 Å². The molecule has 3 rings (SSSR count). The van der Waals surface area contributed by atoms with Crippen LogP contribution in [0.25, 0.3) is 0 Å². The lowest BCUT2D eigenvalue weighted by Gasteiger charge is -2.22. The molecule has 124 valence electrons. The van der Waals surface area contributed by atoms with Gasteiger partial charge in [-0.15, -0.1) is 0 Å². The molecule has 2 aromatic carbocycles. The van der Waals surface area contributed by atoms with Crippen LogP contribution < -0.4 is 5.32 Å². The highest BCUT2D eigenvalue weighted by Crippen LogP contribution is 2.23. The molecule has 0 bridgehead atoms. The summed E-state index contributed by atoms with van der Waals surface area (Å²) in [6.45, 7) is 1.01. The molecule has 0 aliphatic rings. The first-order valence-electron chi connectivity index (χ1n) is 7.77. The first kappa shape index (κ1) is 16.6. The van der Waals surface area contributed by atoms with Crippen molar-refractivity contribution in [3.05, 3.63) is 83.4 Å². The molecule has 1 heterocycles. The quantitative estimate of drug-likeness (QED) is 0.693. The molecule has 2 atom stereocenters. The van der Waals surface area contributed by atoms with Gasteiger partial charge in [0.15, 0.2) is 0 Å². The van der Waals surface area contributed by atoms with Crippen LogP contribution in [0.15, 0.2) is 67.3 Å². The van der Waals surface area contributed by atoms with Gasteiger partial charge in [0, 0.05) is 17.1 Å². The van der Waals surface area contributed by atoms with Crippen molar-refractivity contribution in [3.63, 3.8) is 0 Å². The Bertz CT molecular complexity index is 749. The first-order chi connectivity index (χ1) is 11.7. The second-order valence-electron chi connectivity index (χ2n) is 5.53. The van der Waals surface area contributed by atoms with E-state index < -0.39 is 6.10 Å². The second kappa shape index (κ2) is 8.06. The Morgan fingerprint density at radius 1 is 1.08 bits per heavy atom. The van der Waals surface area contributed by atoms with Gasteiger partial charge in [-0.2, -0.15) is 5.10 Å². The molecule has 6 heteroatoms. The van der Waals surface area contributed by atoms with E-state index in [1.165, 1.54) is 6.33 Å². The standard InChI is InChI=1S/C18H19ClN4O/c19-16-9-5-4-8-15(16)18(24)10-21-17(11-23-13-20-12-22-23)14-6-2-1-3-7-14/h1-9,12-13,17-18,21,24H,10-11H2. The molecule has 0 saturated carbocycles. The summed E-state index contributed by atoms with van der Waals surface area (Å²) in [6, 6.07) is 17.4. The third kappa shape index (κ3) is 4.20. The summed E-state index contributed by atoms with van der Waals surface area (Å²) in [5, 5.41) is 18.6. The predicted octanol–water partition coefficient (Wildman–Crippen LogP) is 3.00. The van der Waals surface area contributed by atoms with Crippen LogP contribution in [0.3, 0.4) is 0 Å². The van der Waals surface area contributed by atoms with Crippen molar-refractivity contribution in [1.29, 1.82) is 0 Å². The molecule has 0 saturated heterocycles. The summed E-state index contributed by atoms with van der Waals surface area (Å²) in [7, 11) is 0. The van der Waals surface area contributed by atoms with Crippen LogP contribution in [-0.2, 0) is 6.54 Å². The fourth-order valence-corrected chi connectivity index (χ4v) is 2.86. The first-order valence-corrected chi connectivity index (χ1v) is 8.15. The van der Waals surface area contributed by atoms with E-state index >= 15 is 0 Å². The average molecular weight is 343 g/mol. The van der Waals surface area contributed by atoms with Gasteiger partial charge in [0.25, 0.3) is 0 Å². The molecule has 0 aliphatic heterocycles. The highest BCUT2D eigenvalue weighted by molar-refractivity contribution is 6.31. The third-order valence-corrected chi connectivity index (χ3v) is 4.20. The maximum atomic E-state index is 10.4. The van der Waals surface area contributed by atoms with E-state index in [9.17, 15) is 5.11 Å². The highest BCUT2D eigenvalue weighted by Gasteiger charge is 2.16. The van der Waals surface area contributed by atoms with E-state index in [-0.39, 0.29) is 6.04 Å². The molecule has 0 radical (unpaired) electrons. The van der Waals surface area contributed by atoms with E-state index in [0.717, 1.165) is 11.1 Å². The Morgan fingerprint density at radius 3 is 2.54 bits per heavy atom. The zero-order chi connectivity index (χ0) is 16.8. The van der Waals surface area contributed by atoms with Gasteiger partial charge in [-0.25, -0.2) is 4.98 Å². The van der Waals surface area contributed by atoms with Gasteiger partial charge in [0.1, 0.15) is 12.7 Å². The summed E-state index contributed by atoms with van der Waals surface area (Å²) in [5.41, 5.74) is 1.85. The number of nitrogens with one attached hydrogen (secondary N) is 1. The van der Waals surface area contributed by atoms with Gasteiger partial charge in [-0.05, 0) is 11.6 Å². The predicted molar refractivity (Wildman–Crippen MR) is 93.6 cm³/mol. The van der Waals surface area contributed by atoms with E-state index in [4.69, 9.17) is 11.6 Å². The van der Waals surface area contributed by atoms with Crippen molar-refractivity contribution in [3.8, 4) is 0 Å². The van der Waals surface area contributed by atoms with Crippen LogP contribution in [0.4, 0.5) is 0 Å². The average Bonchev–Trinajstić information content (AvgIpc) is 3.12. The Balaban J connectivity index is 1.71. The van der Waals surface area contributed by atoms with E-state index in [0.29, 0.717) is 18.1 Å². The lowest BCUT2D eigenvalue weighted by Crippen LogP contribution is -2.30. The van der Waals surface area contributed by atoms with Crippen LogP contribution in [0, 0.1) is 0 Å². The van der Waals surface area contributed by atoms with Crippen LogP contribution in [0.5, 0.6) is 0 Å². The topological polar surface area (TPSA) is 63.0 Å². The van der Waals surface area contributed by atoms with Crippen LogP contribution in [0.1, 0.15) is 23.3 Å². The molecular weight excluding hydrogens is 324 g/mol. The molecule has 3 aromatic rings. The molecule has 0 fully saturated rings.